The Kier molecular flexibility index (Phi) is 4.45. The van der Waals surface area contributed by atoms with E-state index in [2.05, 4.69) is 15.3 Å². The molecule has 0 saturated heterocycles. The van der Waals surface area contributed by atoms with Crippen molar-refractivity contribution in [3.63, 3.8) is 0 Å². The first-order valence-electron chi connectivity index (χ1n) is 6.45. The van der Waals surface area contributed by atoms with E-state index < -0.39 is 0 Å². The molecule has 1 aromatic heterocycles. The van der Waals surface area contributed by atoms with Crippen LogP contribution in [0.25, 0.3) is 0 Å². The molecule has 20 heavy (non-hydrogen) atoms. The normalized spacial score (nSPS) is 10.7. The van der Waals surface area contributed by atoms with E-state index in [-0.39, 0.29) is 5.92 Å². The van der Waals surface area contributed by atoms with Gasteiger partial charge in [0.1, 0.15) is 22.5 Å². The molecule has 0 saturated carbocycles. The molecule has 1 N–H and O–H groups in total. The van der Waals surface area contributed by atoms with Gasteiger partial charge < -0.3 is 10.1 Å². The first-order chi connectivity index (χ1) is 9.49. The number of rotatable bonds is 4. The average molecular weight is 292 g/mol. The minimum absolute atomic E-state index is 0.216. The van der Waals surface area contributed by atoms with Crippen molar-refractivity contribution in [3.8, 4) is 5.75 Å². The molecule has 0 radical (unpaired) electrons. The third kappa shape index (κ3) is 3.39. The van der Waals surface area contributed by atoms with Crippen molar-refractivity contribution in [2.24, 2.45) is 0 Å². The van der Waals surface area contributed by atoms with Crippen LogP contribution in [-0.4, -0.2) is 17.1 Å². The molecule has 0 aliphatic carbocycles. The Morgan fingerprint density at radius 2 is 1.95 bits per heavy atom. The number of aromatic nitrogens is 2. The van der Waals surface area contributed by atoms with Gasteiger partial charge in [-0.1, -0.05) is 31.5 Å². The molecule has 4 nitrogen and oxygen atoms in total. The van der Waals surface area contributed by atoms with Crippen molar-refractivity contribution in [3.05, 3.63) is 40.8 Å². The van der Waals surface area contributed by atoms with Crippen molar-refractivity contribution in [1.29, 1.82) is 0 Å². The van der Waals surface area contributed by atoms with Crippen LogP contribution in [0.15, 0.2) is 24.3 Å². The second-order valence-electron chi connectivity index (χ2n) is 4.92. The van der Waals surface area contributed by atoms with Gasteiger partial charge >= 0.3 is 0 Å². The van der Waals surface area contributed by atoms with Gasteiger partial charge in [-0.05, 0) is 24.6 Å². The molecule has 106 valence electrons. The molecular weight excluding hydrogens is 274 g/mol. The number of anilines is 2. The Balaban J connectivity index is 2.37. The van der Waals surface area contributed by atoms with E-state index in [1.807, 2.05) is 39.0 Å². The third-order valence-corrected chi connectivity index (χ3v) is 3.04. The summed E-state index contributed by atoms with van der Waals surface area (Å²) in [7, 11) is 1.64. The van der Waals surface area contributed by atoms with Crippen LogP contribution in [0.5, 0.6) is 5.75 Å². The van der Waals surface area contributed by atoms with Crippen molar-refractivity contribution in [1.82, 2.24) is 9.97 Å². The minimum Gasteiger partial charge on any atom is -0.495 e. The van der Waals surface area contributed by atoms with Crippen LogP contribution in [0.4, 0.5) is 11.5 Å². The highest BCUT2D eigenvalue weighted by atomic mass is 35.5. The molecule has 0 spiro atoms. The fourth-order valence-electron chi connectivity index (χ4n) is 1.81. The maximum Gasteiger partial charge on any atom is 0.142 e. The topological polar surface area (TPSA) is 47.0 Å². The Bertz CT molecular complexity index is 614. The highest BCUT2D eigenvalue weighted by molar-refractivity contribution is 6.29. The van der Waals surface area contributed by atoms with Crippen LogP contribution < -0.4 is 10.1 Å². The molecule has 0 aliphatic rings. The van der Waals surface area contributed by atoms with Gasteiger partial charge in [0.05, 0.1) is 12.8 Å². The van der Waals surface area contributed by atoms with Crippen molar-refractivity contribution >= 4 is 23.1 Å². The summed E-state index contributed by atoms with van der Waals surface area (Å²) < 4.78 is 5.34. The maximum absolute atomic E-state index is 6.04. The van der Waals surface area contributed by atoms with Gasteiger partial charge in [0.25, 0.3) is 0 Å². The summed E-state index contributed by atoms with van der Waals surface area (Å²) in [4.78, 5) is 8.69. The monoisotopic (exact) mass is 291 g/mol. The summed E-state index contributed by atoms with van der Waals surface area (Å²) in [5, 5.41) is 3.67. The molecule has 5 heteroatoms. The lowest BCUT2D eigenvalue weighted by Crippen LogP contribution is -2.03. The highest BCUT2D eigenvalue weighted by Crippen LogP contribution is 2.29. The standard InChI is InChI=1S/C15H18ClN3O/c1-9(2)15-18-13(16)8-14(19-15)17-11-7-10(3)5-6-12(11)20-4/h5-9H,1-4H3,(H,17,18,19). The molecule has 1 heterocycles. The number of nitrogens with one attached hydrogen (secondary N) is 1. The maximum atomic E-state index is 6.04. The largest absolute Gasteiger partial charge is 0.495 e. The van der Waals surface area contributed by atoms with E-state index in [1.165, 1.54) is 0 Å². The summed E-state index contributed by atoms with van der Waals surface area (Å²) in [6.07, 6.45) is 0. The van der Waals surface area contributed by atoms with Gasteiger partial charge in [0.2, 0.25) is 0 Å². The fourth-order valence-corrected chi connectivity index (χ4v) is 2.00. The third-order valence-electron chi connectivity index (χ3n) is 2.85. The van der Waals surface area contributed by atoms with E-state index in [1.54, 1.807) is 13.2 Å². The van der Waals surface area contributed by atoms with E-state index in [4.69, 9.17) is 16.3 Å². The van der Waals surface area contributed by atoms with Crippen LogP contribution in [0, 0.1) is 6.92 Å². The second kappa shape index (κ2) is 6.09. The summed E-state index contributed by atoms with van der Waals surface area (Å²) in [5.41, 5.74) is 1.99. The number of nitrogens with zero attached hydrogens (tertiary/aromatic N) is 2. The van der Waals surface area contributed by atoms with Crippen LogP contribution in [0.2, 0.25) is 5.15 Å². The first-order valence-corrected chi connectivity index (χ1v) is 6.83. The zero-order valence-electron chi connectivity index (χ0n) is 12.1. The molecule has 2 aromatic rings. The van der Waals surface area contributed by atoms with Crippen molar-refractivity contribution in [2.45, 2.75) is 26.7 Å². The zero-order chi connectivity index (χ0) is 14.7. The summed E-state index contributed by atoms with van der Waals surface area (Å²) >= 11 is 6.04. The number of benzene rings is 1. The molecule has 0 amide bonds. The number of ether oxygens (including phenoxy) is 1. The summed E-state index contributed by atoms with van der Waals surface area (Å²) in [6, 6.07) is 7.62. The van der Waals surface area contributed by atoms with E-state index in [9.17, 15) is 0 Å². The SMILES string of the molecule is COc1ccc(C)cc1Nc1cc(Cl)nc(C(C)C)n1. The fraction of sp³-hybridized carbons (Fsp3) is 0.333. The molecule has 0 fully saturated rings. The number of methoxy groups -OCH3 is 1. The Morgan fingerprint density at radius 1 is 1.20 bits per heavy atom. The van der Waals surface area contributed by atoms with E-state index in [0.717, 1.165) is 17.0 Å². The molecule has 1 aromatic carbocycles. The lowest BCUT2D eigenvalue weighted by atomic mass is 10.2. The van der Waals surface area contributed by atoms with Gasteiger partial charge in [0.15, 0.2) is 0 Å². The molecular formula is C15H18ClN3O. The number of hydrogen-bond donors (Lipinski definition) is 1. The predicted molar refractivity (Wildman–Crippen MR) is 82.1 cm³/mol. The second-order valence-corrected chi connectivity index (χ2v) is 5.30. The Morgan fingerprint density at radius 3 is 2.60 bits per heavy atom. The molecule has 0 atom stereocenters. The van der Waals surface area contributed by atoms with Crippen LogP contribution in [0.1, 0.15) is 31.2 Å². The van der Waals surface area contributed by atoms with E-state index >= 15 is 0 Å². The van der Waals surface area contributed by atoms with Crippen LogP contribution in [-0.2, 0) is 0 Å². The van der Waals surface area contributed by atoms with Gasteiger partial charge in [0, 0.05) is 12.0 Å². The molecule has 0 aliphatic heterocycles. The van der Waals surface area contributed by atoms with Crippen LogP contribution >= 0.6 is 11.6 Å². The predicted octanol–water partition coefficient (Wildman–Crippen LogP) is 4.31. The highest BCUT2D eigenvalue weighted by Gasteiger charge is 2.09. The van der Waals surface area contributed by atoms with Gasteiger partial charge in [-0.2, -0.15) is 0 Å². The Hall–Kier alpha value is -1.81. The lowest BCUT2D eigenvalue weighted by Gasteiger charge is -2.13. The minimum atomic E-state index is 0.216. The van der Waals surface area contributed by atoms with Crippen molar-refractivity contribution in [2.75, 3.05) is 12.4 Å². The Labute approximate surface area is 124 Å². The van der Waals surface area contributed by atoms with E-state index in [0.29, 0.717) is 16.8 Å². The zero-order valence-corrected chi connectivity index (χ0v) is 12.8. The quantitative estimate of drug-likeness (QED) is 0.853. The summed E-state index contributed by atoms with van der Waals surface area (Å²) in [6.45, 7) is 6.09. The number of halogens is 1. The van der Waals surface area contributed by atoms with Gasteiger partial charge in [-0.25, -0.2) is 9.97 Å². The first kappa shape index (κ1) is 14.6. The lowest BCUT2D eigenvalue weighted by molar-refractivity contribution is 0.416. The molecule has 0 unspecified atom stereocenters. The molecule has 2 rings (SSSR count). The molecule has 0 bridgehead atoms. The number of aryl methyl sites for hydroxylation is 1. The van der Waals surface area contributed by atoms with Gasteiger partial charge in [-0.3, -0.25) is 0 Å². The van der Waals surface area contributed by atoms with Crippen LogP contribution in [0.3, 0.4) is 0 Å². The summed E-state index contributed by atoms with van der Waals surface area (Å²) in [5.74, 6) is 2.36. The van der Waals surface area contributed by atoms with Crippen molar-refractivity contribution < 1.29 is 4.74 Å². The number of hydrogen-bond acceptors (Lipinski definition) is 4. The average Bonchev–Trinajstić information content (AvgIpc) is 2.38. The van der Waals surface area contributed by atoms with Gasteiger partial charge in [-0.15, -0.1) is 0 Å². The smallest absolute Gasteiger partial charge is 0.142 e.